The van der Waals surface area contributed by atoms with Crippen LogP contribution >= 0.6 is 0 Å². The van der Waals surface area contributed by atoms with Crippen LogP contribution in [0, 0.1) is 0 Å². The maximum absolute atomic E-state index is 12.5. The van der Waals surface area contributed by atoms with Gasteiger partial charge in [-0.25, -0.2) is 0 Å². The normalized spacial score (nSPS) is 24.6. The molecule has 1 aliphatic rings. The highest BCUT2D eigenvalue weighted by molar-refractivity contribution is 4.97. The number of nitrogens with two attached hydrogens (primary N) is 1. The Balaban J connectivity index is 2.77. The molecule has 2 N–H and O–H groups in total. The van der Waals surface area contributed by atoms with Crippen LogP contribution in [0.5, 0.6) is 0 Å². The van der Waals surface area contributed by atoms with Gasteiger partial charge in [0.1, 0.15) is 6.04 Å². The van der Waals surface area contributed by atoms with Crippen molar-refractivity contribution in [3.8, 4) is 0 Å². The summed E-state index contributed by atoms with van der Waals surface area (Å²) in [6, 6.07) is -1.86. The fraction of sp³-hybridized carbons (Fsp3) is 1.00. The average molecular weight is 211 g/mol. The van der Waals surface area contributed by atoms with Gasteiger partial charge in [0.2, 0.25) is 0 Å². The Bertz CT molecular complexity index is 187. The lowest BCUT2D eigenvalue weighted by Gasteiger charge is -2.41. The van der Waals surface area contributed by atoms with E-state index in [1.54, 1.807) is 0 Å². The highest BCUT2D eigenvalue weighted by atomic mass is 19.4. The molecule has 1 unspecified atom stereocenters. The van der Waals surface area contributed by atoms with Crippen molar-refractivity contribution in [2.45, 2.75) is 49.9 Å². The summed E-state index contributed by atoms with van der Waals surface area (Å²) in [5, 5.41) is 0. The number of hydrogen-bond donors (Lipinski definition) is 1. The van der Waals surface area contributed by atoms with Crippen molar-refractivity contribution < 1.29 is 17.9 Å². The van der Waals surface area contributed by atoms with Crippen molar-refractivity contribution >= 4 is 0 Å². The van der Waals surface area contributed by atoms with Gasteiger partial charge < -0.3 is 10.5 Å². The Hall–Kier alpha value is -0.290. The minimum Gasteiger partial charge on any atom is -0.376 e. The molecule has 1 rings (SSSR count). The third kappa shape index (κ3) is 2.20. The van der Waals surface area contributed by atoms with Crippen molar-refractivity contribution in [2.75, 3.05) is 7.11 Å². The lowest BCUT2D eigenvalue weighted by atomic mass is 9.79. The van der Waals surface area contributed by atoms with Crippen LogP contribution in [0.3, 0.4) is 0 Å². The summed E-state index contributed by atoms with van der Waals surface area (Å²) < 4.78 is 42.4. The van der Waals surface area contributed by atoms with Gasteiger partial charge in [-0.05, 0) is 12.8 Å². The van der Waals surface area contributed by atoms with E-state index in [9.17, 15) is 13.2 Å². The third-order valence-corrected chi connectivity index (χ3v) is 3.03. The molecule has 1 aliphatic carbocycles. The van der Waals surface area contributed by atoms with Gasteiger partial charge in [-0.3, -0.25) is 0 Å². The first-order valence-electron chi connectivity index (χ1n) is 4.80. The summed E-state index contributed by atoms with van der Waals surface area (Å²) in [7, 11) is 1.32. The number of alkyl halides is 3. The van der Waals surface area contributed by atoms with Crippen LogP contribution < -0.4 is 5.73 Å². The average Bonchev–Trinajstić information content (AvgIpc) is 2.16. The molecule has 84 valence electrons. The van der Waals surface area contributed by atoms with E-state index in [1.807, 2.05) is 0 Å². The lowest BCUT2D eigenvalue weighted by molar-refractivity contribution is -0.206. The molecule has 0 aromatic heterocycles. The molecule has 0 heterocycles. The van der Waals surface area contributed by atoms with E-state index in [1.165, 1.54) is 7.11 Å². The highest BCUT2D eigenvalue weighted by Crippen LogP contribution is 2.39. The van der Waals surface area contributed by atoms with Gasteiger partial charge in [-0.15, -0.1) is 0 Å². The summed E-state index contributed by atoms with van der Waals surface area (Å²) in [6.45, 7) is 0. The Morgan fingerprint density at radius 2 is 1.71 bits per heavy atom. The maximum atomic E-state index is 12.5. The molecule has 0 aliphatic heterocycles. The second-order valence-electron chi connectivity index (χ2n) is 3.85. The zero-order valence-electron chi connectivity index (χ0n) is 8.23. The molecule has 0 spiro atoms. The molecular formula is C9H16F3NO. The van der Waals surface area contributed by atoms with Crippen LogP contribution in [0.15, 0.2) is 0 Å². The zero-order valence-corrected chi connectivity index (χ0v) is 8.23. The molecule has 0 aromatic carbocycles. The standard InChI is InChI=1S/C9H16F3NO/c1-14-8(5-3-2-4-6-8)7(13)9(10,11)12/h7H,2-6,13H2,1H3. The molecule has 0 saturated heterocycles. The predicted molar refractivity (Wildman–Crippen MR) is 46.9 cm³/mol. The van der Waals surface area contributed by atoms with Crippen molar-refractivity contribution in [2.24, 2.45) is 5.73 Å². The summed E-state index contributed by atoms with van der Waals surface area (Å²) >= 11 is 0. The van der Waals surface area contributed by atoms with Gasteiger partial charge in [0.15, 0.2) is 0 Å². The molecule has 0 radical (unpaired) electrons. The molecule has 1 fully saturated rings. The first-order chi connectivity index (χ1) is 6.42. The van der Waals surface area contributed by atoms with Crippen LogP contribution in [0.2, 0.25) is 0 Å². The van der Waals surface area contributed by atoms with E-state index in [0.29, 0.717) is 12.8 Å². The molecule has 0 amide bonds. The van der Waals surface area contributed by atoms with E-state index < -0.39 is 17.8 Å². The fourth-order valence-corrected chi connectivity index (χ4v) is 2.09. The zero-order chi connectivity index (χ0) is 10.8. The minimum atomic E-state index is -4.37. The summed E-state index contributed by atoms with van der Waals surface area (Å²) in [4.78, 5) is 0. The monoisotopic (exact) mass is 211 g/mol. The second kappa shape index (κ2) is 4.06. The Morgan fingerprint density at radius 1 is 1.21 bits per heavy atom. The van der Waals surface area contributed by atoms with Gasteiger partial charge in [-0.2, -0.15) is 13.2 Å². The number of rotatable bonds is 2. The Morgan fingerprint density at radius 3 is 2.07 bits per heavy atom. The van der Waals surface area contributed by atoms with E-state index in [-0.39, 0.29) is 0 Å². The van der Waals surface area contributed by atoms with Gasteiger partial charge >= 0.3 is 6.18 Å². The number of ether oxygens (including phenoxy) is 1. The van der Waals surface area contributed by atoms with Gasteiger partial charge in [0, 0.05) is 7.11 Å². The number of halogens is 3. The summed E-state index contributed by atoms with van der Waals surface area (Å²) in [6.07, 6.45) is -1.06. The number of hydrogen-bond acceptors (Lipinski definition) is 2. The van der Waals surface area contributed by atoms with E-state index in [2.05, 4.69) is 0 Å². The van der Waals surface area contributed by atoms with Crippen molar-refractivity contribution in [1.29, 1.82) is 0 Å². The van der Waals surface area contributed by atoms with E-state index >= 15 is 0 Å². The predicted octanol–water partition coefficient (Wildman–Crippen LogP) is 2.23. The van der Waals surface area contributed by atoms with Crippen LogP contribution in [0.4, 0.5) is 13.2 Å². The van der Waals surface area contributed by atoms with Crippen LogP contribution in [0.25, 0.3) is 0 Å². The molecule has 0 bridgehead atoms. The van der Waals surface area contributed by atoms with Crippen molar-refractivity contribution in [3.63, 3.8) is 0 Å². The van der Waals surface area contributed by atoms with Crippen molar-refractivity contribution in [1.82, 2.24) is 0 Å². The SMILES string of the molecule is COC1(C(N)C(F)(F)F)CCCCC1. The van der Waals surface area contributed by atoms with Crippen molar-refractivity contribution in [3.05, 3.63) is 0 Å². The Kier molecular flexibility index (Phi) is 3.42. The first kappa shape index (κ1) is 11.8. The summed E-state index contributed by atoms with van der Waals surface area (Å²) in [5.74, 6) is 0. The van der Waals surface area contributed by atoms with Crippen LogP contribution in [-0.4, -0.2) is 24.9 Å². The third-order valence-electron chi connectivity index (χ3n) is 3.03. The lowest BCUT2D eigenvalue weighted by Crippen LogP contribution is -2.58. The van der Waals surface area contributed by atoms with Crippen LogP contribution in [-0.2, 0) is 4.74 Å². The molecule has 0 aromatic rings. The quantitative estimate of drug-likeness (QED) is 0.760. The van der Waals surface area contributed by atoms with E-state index in [4.69, 9.17) is 10.5 Å². The maximum Gasteiger partial charge on any atom is 0.406 e. The molecule has 14 heavy (non-hydrogen) atoms. The Labute approximate surface area is 81.6 Å². The first-order valence-corrected chi connectivity index (χ1v) is 4.80. The highest BCUT2D eigenvalue weighted by Gasteiger charge is 2.51. The molecular weight excluding hydrogens is 195 g/mol. The summed E-state index contributed by atoms with van der Waals surface area (Å²) in [5.41, 5.74) is 4.04. The van der Waals surface area contributed by atoms with Gasteiger partial charge in [-0.1, -0.05) is 19.3 Å². The van der Waals surface area contributed by atoms with E-state index in [0.717, 1.165) is 19.3 Å². The fourth-order valence-electron chi connectivity index (χ4n) is 2.09. The van der Waals surface area contributed by atoms with Crippen LogP contribution in [0.1, 0.15) is 32.1 Å². The van der Waals surface area contributed by atoms with Gasteiger partial charge in [0.25, 0.3) is 0 Å². The minimum absolute atomic E-state index is 0.407. The second-order valence-corrected chi connectivity index (χ2v) is 3.85. The largest absolute Gasteiger partial charge is 0.406 e. The molecule has 1 saturated carbocycles. The molecule has 2 nitrogen and oxygen atoms in total. The molecule has 5 heteroatoms. The molecule has 1 atom stereocenters. The topological polar surface area (TPSA) is 35.2 Å². The smallest absolute Gasteiger partial charge is 0.376 e. The number of methoxy groups -OCH3 is 1. The van der Waals surface area contributed by atoms with Gasteiger partial charge in [0.05, 0.1) is 5.60 Å².